The van der Waals surface area contributed by atoms with Gasteiger partial charge in [-0.3, -0.25) is 9.59 Å². The van der Waals surface area contributed by atoms with E-state index in [1.165, 1.54) is 0 Å². The van der Waals surface area contributed by atoms with Crippen molar-refractivity contribution in [2.75, 3.05) is 0 Å². The highest BCUT2D eigenvalue weighted by Crippen LogP contribution is 2.41. The molecule has 0 aromatic carbocycles. The SMILES string of the molecule is C[C@H](CC(=O)NC1CCC2CC1CCC2NC(=O)c1cc(C2CC2)on1)NC(=O)OC(C)(C)C. The van der Waals surface area contributed by atoms with Crippen LogP contribution >= 0.6 is 0 Å². The van der Waals surface area contributed by atoms with E-state index in [-0.39, 0.29) is 36.4 Å². The molecule has 0 aliphatic heterocycles. The fourth-order valence-corrected chi connectivity index (χ4v) is 5.30. The Balaban J connectivity index is 1.20. The molecular formula is C25H38N4O5. The quantitative estimate of drug-likeness (QED) is 0.554. The molecule has 1 aromatic rings. The molecule has 188 valence electrons. The van der Waals surface area contributed by atoms with Gasteiger partial charge in [-0.05, 0) is 84.5 Å². The van der Waals surface area contributed by atoms with Crippen LogP contribution in [0.25, 0.3) is 0 Å². The Hall–Kier alpha value is -2.58. The lowest BCUT2D eigenvalue weighted by molar-refractivity contribution is -0.123. The number of fused-ring (bicyclic) bond motifs is 2. The summed E-state index contributed by atoms with van der Waals surface area (Å²) in [5.74, 6) is 1.88. The summed E-state index contributed by atoms with van der Waals surface area (Å²) in [5, 5.41) is 13.0. The molecule has 1 aromatic heterocycles. The first-order chi connectivity index (χ1) is 16.1. The Bertz CT molecular complexity index is 903. The standard InChI is InChI=1S/C25H38N4O5/c1-14(26-24(32)33-25(2,3)4)11-22(30)27-18-9-7-17-12-16(18)8-10-19(17)28-23(31)20-13-21(34-29-20)15-5-6-15/h13-19H,5-12H2,1-4H3,(H,26,32)(H,27,30)(H,28,31)/t14-,16?,17?,18?,19?/m1/s1. The predicted molar refractivity (Wildman–Crippen MR) is 125 cm³/mol. The van der Waals surface area contributed by atoms with Crippen LogP contribution in [0, 0.1) is 11.8 Å². The molecule has 3 amide bonds. The van der Waals surface area contributed by atoms with E-state index in [4.69, 9.17) is 9.26 Å². The molecule has 4 rings (SSSR count). The van der Waals surface area contributed by atoms with Gasteiger partial charge in [-0.2, -0.15) is 0 Å². The third-order valence-corrected chi connectivity index (χ3v) is 7.10. The van der Waals surface area contributed by atoms with Gasteiger partial charge in [0.2, 0.25) is 5.91 Å². The molecule has 9 nitrogen and oxygen atoms in total. The summed E-state index contributed by atoms with van der Waals surface area (Å²) in [6.07, 6.45) is 6.64. The number of hydrogen-bond acceptors (Lipinski definition) is 6. The normalized spacial score (nSPS) is 27.4. The minimum atomic E-state index is -0.572. The molecule has 3 aliphatic rings. The first kappa shape index (κ1) is 24.5. The van der Waals surface area contributed by atoms with Crippen molar-refractivity contribution in [1.82, 2.24) is 21.1 Å². The van der Waals surface area contributed by atoms with E-state index in [1.54, 1.807) is 33.8 Å². The second kappa shape index (κ2) is 9.96. The van der Waals surface area contributed by atoms with Crippen LogP contribution < -0.4 is 16.0 Å². The monoisotopic (exact) mass is 474 g/mol. The zero-order valence-corrected chi connectivity index (χ0v) is 20.7. The Morgan fingerprint density at radius 3 is 2.32 bits per heavy atom. The number of hydrogen-bond donors (Lipinski definition) is 3. The maximum atomic E-state index is 12.7. The third-order valence-electron chi connectivity index (χ3n) is 7.10. The van der Waals surface area contributed by atoms with Crippen molar-refractivity contribution in [1.29, 1.82) is 0 Å². The average Bonchev–Trinajstić information content (AvgIpc) is 3.46. The molecule has 2 bridgehead atoms. The van der Waals surface area contributed by atoms with E-state index in [9.17, 15) is 14.4 Å². The van der Waals surface area contributed by atoms with Crippen LogP contribution in [-0.2, 0) is 9.53 Å². The van der Waals surface area contributed by atoms with Gasteiger partial charge >= 0.3 is 6.09 Å². The van der Waals surface area contributed by atoms with Crippen LogP contribution in [0.3, 0.4) is 0 Å². The Labute approximate surface area is 201 Å². The molecule has 0 spiro atoms. The maximum Gasteiger partial charge on any atom is 0.407 e. The number of aromatic nitrogens is 1. The summed E-state index contributed by atoms with van der Waals surface area (Å²) in [5.41, 5.74) is -0.198. The topological polar surface area (TPSA) is 123 Å². The van der Waals surface area contributed by atoms with Crippen molar-refractivity contribution in [3.05, 3.63) is 17.5 Å². The molecule has 9 heteroatoms. The van der Waals surface area contributed by atoms with Crippen LogP contribution in [0.1, 0.15) is 101 Å². The zero-order valence-electron chi connectivity index (χ0n) is 20.7. The van der Waals surface area contributed by atoms with E-state index < -0.39 is 11.7 Å². The molecule has 1 heterocycles. The van der Waals surface area contributed by atoms with E-state index in [1.807, 2.05) is 0 Å². The minimum Gasteiger partial charge on any atom is -0.444 e. The van der Waals surface area contributed by atoms with Gasteiger partial charge in [0.15, 0.2) is 5.69 Å². The highest BCUT2D eigenvalue weighted by atomic mass is 16.6. The lowest BCUT2D eigenvalue weighted by atomic mass is 9.67. The van der Waals surface area contributed by atoms with Gasteiger partial charge in [-0.15, -0.1) is 0 Å². The van der Waals surface area contributed by atoms with Crippen LogP contribution in [-0.4, -0.2) is 46.8 Å². The lowest BCUT2D eigenvalue weighted by Gasteiger charge is -2.44. The number of nitrogens with one attached hydrogen (secondary N) is 3. The summed E-state index contributed by atoms with van der Waals surface area (Å²) in [6.45, 7) is 7.22. The molecule has 4 unspecified atom stereocenters. The molecule has 5 atom stereocenters. The summed E-state index contributed by atoms with van der Waals surface area (Å²) in [6, 6.07) is 1.75. The van der Waals surface area contributed by atoms with Crippen molar-refractivity contribution in [2.24, 2.45) is 11.8 Å². The van der Waals surface area contributed by atoms with Gasteiger partial charge in [-0.25, -0.2) is 4.79 Å². The third kappa shape index (κ3) is 6.51. The fraction of sp³-hybridized carbons (Fsp3) is 0.760. The largest absolute Gasteiger partial charge is 0.444 e. The summed E-state index contributed by atoms with van der Waals surface area (Å²) < 4.78 is 10.6. The average molecular weight is 475 g/mol. The van der Waals surface area contributed by atoms with Crippen LogP contribution in [0.2, 0.25) is 0 Å². The number of rotatable bonds is 7. The first-order valence-electron chi connectivity index (χ1n) is 12.6. The Kier molecular flexibility index (Phi) is 7.19. The molecule has 3 aliphatic carbocycles. The van der Waals surface area contributed by atoms with Gasteiger partial charge in [0.1, 0.15) is 11.4 Å². The number of nitrogens with zero attached hydrogens (tertiary/aromatic N) is 1. The summed E-state index contributed by atoms with van der Waals surface area (Å²) in [7, 11) is 0. The molecule has 34 heavy (non-hydrogen) atoms. The van der Waals surface area contributed by atoms with Crippen molar-refractivity contribution in [2.45, 2.75) is 109 Å². The number of carbonyl (C=O) groups is 3. The zero-order chi connectivity index (χ0) is 24.5. The van der Waals surface area contributed by atoms with Gasteiger partial charge in [0.05, 0.1) is 0 Å². The first-order valence-corrected chi connectivity index (χ1v) is 12.6. The Morgan fingerprint density at radius 1 is 1.06 bits per heavy atom. The molecule has 3 fully saturated rings. The number of carbonyl (C=O) groups excluding carboxylic acids is 3. The smallest absolute Gasteiger partial charge is 0.407 e. The van der Waals surface area contributed by atoms with Crippen molar-refractivity contribution in [3.8, 4) is 0 Å². The predicted octanol–water partition coefficient (Wildman–Crippen LogP) is 3.65. The highest BCUT2D eigenvalue weighted by molar-refractivity contribution is 5.92. The summed E-state index contributed by atoms with van der Waals surface area (Å²) >= 11 is 0. The maximum absolute atomic E-state index is 12.7. The van der Waals surface area contributed by atoms with E-state index in [0.29, 0.717) is 23.4 Å². The second-order valence-corrected chi connectivity index (χ2v) is 11.3. The lowest BCUT2D eigenvalue weighted by Crippen LogP contribution is -2.52. The van der Waals surface area contributed by atoms with Crippen LogP contribution in [0.4, 0.5) is 4.79 Å². The molecule has 3 N–H and O–H groups in total. The summed E-state index contributed by atoms with van der Waals surface area (Å²) in [4.78, 5) is 37.2. The van der Waals surface area contributed by atoms with Crippen LogP contribution in [0.15, 0.2) is 10.6 Å². The molecular weight excluding hydrogens is 436 g/mol. The van der Waals surface area contributed by atoms with E-state index in [0.717, 1.165) is 50.7 Å². The minimum absolute atomic E-state index is 0.0556. The molecule has 0 saturated heterocycles. The number of ether oxygens (including phenoxy) is 1. The number of alkyl carbamates (subject to hydrolysis) is 1. The molecule has 3 saturated carbocycles. The molecule has 0 radical (unpaired) electrons. The van der Waals surface area contributed by atoms with E-state index in [2.05, 4.69) is 21.1 Å². The number of amides is 3. The Morgan fingerprint density at radius 2 is 1.71 bits per heavy atom. The van der Waals surface area contributed by atoms with Gasteiger partial charge in [-0.1, -0.05) is 5.16 Å². The van der Waals surface area contributed by atoms with E-state index >= 15 is 0 Å². The van der Waals surface area contributed by atoms with Gasteiger partial charge in [0.25, 0.3) is 5.91 Å². The fourth-order valence-electron chi connectivity index (χ4n) is 5.30. The van der Waals surface area contributed by atoms with Gasteiger partial charge < -0.3 is 25.2 Å². The van der Waals surface area contributed by atoms with Crippen molar-refractivity contribution < 1.29 is 23.6 Å². The van der Waals surface area contributed by atoms with Gasteiger partial charge in [0, 0.05) is 36.5 Å². The second-order valence-electron chi connectivity index (χ2n) is 11.3. The van der Waals surface area contributed by atoms with Crippen molar-refractivity contribution >= 4 is 17.9 Å². The highest BCUT2D eigenvalue weighted by Gasteiger charge is 2.40. The van der Waals surface area contributed by atoms with Crippen LogP contribution in [0.5, 0.6) is 0 Å². The van der Waals surface area contributed by atoms with Crippen molar-refractivity contribution in [3.63, 3.8) is 0 Å².